The molecule has 27 heavy (non-hydrogen) atoms. The van der Waals surface area contributed by atoms with Crippen molar-refractivity contribution in [1.82, 2.24) is 5.32 Å². The van der Waals surface area contributed by atoms with Crippen LogP contribution in [0.25, 0.3) is 0 Å². The normalized spacial score (nSPS) is 25.5. The van der Waals surface area contributed by atoms with Crippen LogP contribution < -0.4 is 14.8 Å². The number of benzene rings is 1. The van der Waals surface area contributed by atoms with E-state index in [1.165, 1.54) is 0 Å². The number of amides is 1. The molecule has 7 nitrogen and oxygen atoms in total. The van der Waals surface area contributed by atoms with Gasteiger partial charge in [-0.15, -0.1) is 0 Å². The third-order valence-electron chi connectivity index (χ3n) is 5.77. The Balaban J connectivity index is 1.32. The minimum absolute atomic E-state index is 0.0596. The summed E-state index contributed by atoms with van der Waals surface area (Å²) in [6.07, 6.45) is 2.24. The fourth-order valence-corrected chi connectivity index (χ4v) is 4.06. The lowest BCUT2D eigenvalue weighted by Gasteiger charge is -2.27. The van der Waals surface area contributed by atoms with Crippen molar-refractivity contribution in [1.29, 1.82) is 0 Å². The van der Waals surface area contributed by atoms with Crippen LogP contribution in [0.3, 0.4) is 0 Å². The van der Waals surface area contributed by atoms with Crippen molar-refractivity contribution in [3.05, 3.63) is 23.8 Å². The second-order valence-electron chi connectivity index (χ2n) is 7.49. The van der Waals surface area contributed by atoms with E-state index in [-0.39, 0.29) is 30.2 Å². The number of hydrogen-bond acceptors (Lipinski definition) is 5. The minimum Gasteiger partial charge on any atom is -0.486 e. The van der Waals surface area contributed by atoms with Gasteiger partial charge in [-0.1, -0.05) is 6.07 Å². The van der Waals surface area contributed by atoms with E-state index in [2.05, 4.69) is 5.32 Å². The first kappa shape index (κ1) is 18.1. The summed E-state index contributed by atoms with van der Waals surface area (Å²) < 4.78 is 16.4. The highest BCUT2D eigenvalue weighted by molar-refractivity contribution is 5.83. The molecule has 4 rings (SSSR count). The molecular weight excluding hydrogens is 350 g/mol. The summed E-state index contributed by atoms with van der Waals surface area (Å²) in [5.41, 5.74) is 1.07. The molecule has 7 heteroatoms. The second kappa shape index (κ2) is 7.76. The molecule has 0 spiro atoms. The SMILES string of the molecule is O=C(O)C(CNC(=O)C1CC1c1ccc2c(c1)OCCO2)C1CCOCC1. The number of aliphatic carboxylic acids is 1. The summed E-state index contributed by atoms with van der Waals surface area (Å²) in [6, 6.07) is 5.82. The van der Waals surface area contributed by atoms with Crippen molar-refractivity contribution in [3.8, 4) is 11.5 Å². The van der Waals surface area contributed by atoms with Gasteiger partial charge in [0.25, 0.3) is 0 Å². The lowest BCUT2D eigenvalue weighted by atomic mass is 9.86. The van der Waals surface area contributed by atoms with Gasteiger partial charge in [0, 0.05) is 25.7 Å². The van der Waals surface area contributed by atoms with Crippen LogP contribution in [-0.2, 0) is 14.3 Å². The average molecular weight is 375 g/mol. The number of hydrogen-bond donors (Lipinski definition) is 2. The van der Waals surface area contributed by atoms with Gasteiger partial charge in [0.1, 0.15) is 13.2 Å². The number of carboxylic acids is 1. The highest BCUT2D eigenvalue weighted by Gasteiger charge is 2.44. The van der Waals surface area contributed by atoms with E-state index in [9.17, 15) is 14.7 Å². The summed E-state index contributed by atoms with van der Waals surface area (Å²) in [4.78, 5) is 24.1. The molecule has 0 radical (unpaired) electrons. The number of carboxylic acid groups (broad SMARTS) is 1. The predicted octanol–water partition coefficient (Wildman–Crippen LogP) is 1.80. The van der Waals surface area contributed by atoms with Crippen molar-refractivity contribution in [2.45, 2.75) is 25.2 Å². The molecule has 2 N–H and O–H groups in total. The van der Waals surface area contributed by atoms with Crippen molar-refractivity contribution < 1.29 is 28.9 Å². The van der Waals surface area contributed by atoms with Crippen LogP contribution in [0.1, 0.15) is 30.7 Å². The van der Waals surface area contributed by atoms with E-state index < -0.39 is 11.9 Å². The topological polar surface area (TPSA) is 94.1 Å². The van der Waals surface area contributed by atoms with Crippen LogP contribution in [0.2, 0.25) is 0 Å². The van der Waals surface area contributed by atoms with Crippen LogP contribution in [0, 0.1) is 17.8 Å². The van der Waals surface area contributed by atoms with Crippen molar-refractivity contribution in [2.24, 2.45) is 17.8 Å². The standard InChI is InChI=1S/C20H25NO6/c22-19(21-11-16(20(23)24)12-3-5-25-6-4-12)15-10-14(15)13-1-2-17-18(9-13)27-8-7-26-17/h1-2,9,12,14-16H,3-8,10-11H2,(H,21,22)(H,23,24). The molecule has 3 unspecified atom stereocenters. The molecule has 2 heterocycles. The summed E-state index contributed by atoms with van der Waals surface area (Å²) in [6.45, 7) is 2.46. The smallest absolute Gasteiger partial charge is 0.308 e. The zero-order valence-corrected chi connectivity index (χ0v) is 15.2. The highest BCUT2D eigenvalue weighted by Crippen LogP contribution is 2.49. The first-order valence-electron chi connectivity index (χ1n) is 9.61. The first-order valence-corrected chi connectivity index (χ1v) is 9.61. The van der Waals surface area contributed by atoms with Crippen LogP contribution >= 0.6 is 0 Å². The zero-order chi connectivity index (χ0) is 18.8. The summed E-state index contributed by atoms with van der Waals surface area (Å²) in [5.74, 6) is 0.134. The van der Waals surface area contributed by atoms with E-state index in [1.54, 1.807) is 0 Å². The van der Waals surface area contributed by atoms with Gasteiger partial charge < -0.3 is 24.6 Å². The molecule has 1 aliphatic carbocycles. The predicted molar refractivity (Wildman–Crippen MR) is 96.0 cm³/mol. The number of carbonyl (C=O) groups excluding carboxylic acids is 1. The lowest BCUT2D eigenvalue weighted by Crippen LogP contribution is -2.39. The van der Waals surface area contributed by atoms with Gasteiger partial charge in [-0.2, -0.15) is 0 Å². The Bertz CT molecular complexity index is 714. The third kappa shape index (κ3) is 4.03. The zero-order valence-electron chi connectivity index (χ0n) is 15.2. The summed E-state index contributed by atoms with van der Waals surface area (Å²) in [7, 11) is 0. The molecule has 1 amide bonds. The van der Waals surface area contributed by atoms with Crippen molar-refractivity contribution >= 4 is 11.9 Å². The van der Waals surface area contributed by atoms with Gasteiger partial charge in [0.05, 0.1) is 5.92 Å². The van der Waals surface area contributed by atoms with E-state index >= 15 is 0 Å². The molecule has 1 saturated carbocycles. The molecule has 3 aliphatic rings. The molecule has 2 fully saturated rings. The molecule has 3 atom stereocenters. The maximum atomic E-state index is 12.5. The molecule has 0 bridgehead atoms. The first-order chi connectivity index (χ1) is 13.1. The van der Waals surface area contributed by atoms with Crippen LogP contribution in [0.5, 0.6) is 11.5 Å². The molecule has 0 aromatic heterocycles. The number of carbonyl (C=O) groups is 2. The number of fused-ring (bicyclic) bond motifs is 1. The monoisotopic (exact) mass is 375 g/mol. The Morgan fingerprint density at radius 1 is 1.11 bits per heavy atom. The average Bonchev–Trinajstić information content (AvgIpc) is 3.49. The molecule has 146 valence electrons. The Hall–Kier alpha value is -2.28. The molecule has 1 aromatic carbocycles. The lowest BCUT2D eigenvalue weighted by molar-refractivity contribution is -0.145. The molecular formula is C20H25NO6. The van der Waals surface area contributed by atoms with Gasteiger partial charge in [0.15, 0.2) is 11.5 Å². The quantitative estimate of drug-likeness (QED) is 0.788. The summed E-state index contributed by atoms with van der Waals surface area (Å²) in [5, 5.41) is 12.4. The van der Waals surface area contributed by atoms with E-state index in [0.717, 1.165) is 36.3 Å². The van der Waals surface area contributed by atoms with Gasteiger partial charge in [-0.05, 0) is 48.8 Å². The Morgan fingerprint density at radius 3 is 2.59 bits per heavy atom. The summed E-state index contributed by atoms with van der Waals surface area (Å²) >= 11 is 0. The van der Waals surface area contributed by atoms with Crippen LogP contribution in [0.15, 0.2) is 18.2 Å². The fourth-order valence-electron chi connectivity index (χ4n) is 4.06. The maximum absolute atomic E-state index is 12.5. The van der Waals surface area contributed by atoms with E-state index in [0.29, 0.717) is 26.4 Å². The molecule has 1 saturated heterocycles. The maximum Gasteiger partial charge on any atom is 0.308 e. The van der Waals surface area contributed by atoms with Crippen molar-refractivity contribution in [2.75, 3.05) is 33.0 Å². The Kier molecular flexibility index (Phi) is 5.20. The van der Waals surface area contributed by atoms with Gasteiger partial charge >= 0.3 is 5.97 Å². The van der Waals surface area contributed by atoms with Gasteiger partial charge in [0.2, 0.25) is 5.91 Å². The van der Waals surface area contributed by atoms with Gasteiger partial charge in [-0.3, -0.25) is 9.59 Å². The van der Waals surface area contributed by atoms with E-state index in [1.807, 2.05) is 18.2 Å². The van der Waals surface area contributed by atoms with Crippen LogP contribution in [0.4, 0.5) is 0 Å². The van der Waals surface area contributed by atoms with Gasteiger partial charge in [-0.25, -0.2) is 0 Å². The number of rotatable bonds is 6. The van der Waals surface area contributed by atoms with Crippen LogP contribution in [-0.4, -0.2) is 50.0 Å². The van der Waals surface area contributed by atoms with Crippen molar-refractivity contribution in [3.63, 3.8) is 0 Å². The Labute approximate surface area is 158 Å². The Morgan fingerprint density at radius 2 is 1.85 bits per heavy atom. The minimum atomic E-state index is -0.846. The number of nitrogens with one attached hydrogen (secondary N) is 1. The third-order valence-corrected chi connectivity index (χ3v) is 5.77. The number of ether oxygens (including phenoxy) is 3. The van der Waals surface area contributed by atoms with E-state index in [4.69, 9.17) is 14.2 Å². The fraction of sp³-hybridized carbons (Fsp3) is 0.600. The highest BCUT2D eigenvalue weighted by atomic mass is 16.6. The largest absolute Gasteiger partial charge is 0.486 e. The molecule has 2 aliphatic heterocycles. The second-order valence-corrected chi connectivity index (χ2v) is 7.49. The molecule has 1 aromatic rings.